The lowest BCUT2D eigenvalue weighted by atomic mass is 10.5. The van der Waals surface area contributed by atoms with Crippen molar-refractivity contribution in [3.8, 4) is 11.9 Å². The third-order valence-electron chi connectivity index (χ3n) is 2.15. The molecule has 0 unspecified atom stereocenters. The smallest absolute Gasteiger partial charge is 0.342 e. The van der Waals surface area contributed by atoms with Crippen LogP contribution in [0.15, 0.2) is 12.4 Å². The van der Waals surface area contributed by atoms with E-state index in [-0.39, 0.29) is 6.01 Å². The van der Waals surface area contributed by atoms with Crippen LogP contribution in [0.4, 0.5) is 5.82 Å². The van der Waals surface area contributed by atoms with Crippen molar-refractivity contribution in [2.24, 2.45) is 7.05 Å². The molecular formula is C11H16N6O2. The predicted molar refractivity (Wildman–Crippen MR) is 68.0 cm³/mol. The zero-order valence-electron chi connectivity index (χ0n) is 11.1. The number of hydrogen-bond donors (Lipinski definition) is 1. The van der Waals surface area contributed by atoms with Crippen LogP contribution in [-0.2, 0) is 18.4 Å². The normalized spacial score (nSPS) is 10.5. The first kappa shape index (κ1) is 13.2. The summed E-state index contributed by atoms with van der Waals surface area (Å²) in [6, 6.07) is 1.94. The second-order valence-corrected chi connectivity index (χ2v) is 3.77. The van der Waals surface area contributed by atoms with Crippen LogP contribution in [0.2, 0.25) is 0 Å². The Kier molecular flexibility index (Phi) is 4.24. The van der Waals surface area contributed by atoms with E-state index in [1.807, 2.05) is 6.92 Å². The molecule has 0 amide bonds. The molecule has 2 heterocycles. The van der Waals surface area contributed by atoms with E-state index in [1.165, 1.54) is 0 Å². The summed E-state index contributed by atoms with van der Waals surface area (Å²) in [5.74, 6) is 1.59. The first-order valence-corrected chi connectivity index (χ1v) is 5.85. The third-order valence-corrected chi connectivity index (χ3v) is 2.15. The Labute approximate surface area is 110 Å². The number of anilines is 1. The van der Waals surface area contributed by atoms with Crippen LogP contribution in [0.25, 0.3) is 0 Å². The number of methoxy groups -OCH3 is 1. The Morgan fingerprint density at radius 2 is 2.21 bits per heavy atom. The van der Waals surface area contributed by atoms with Gasteiger partial charge in [0.1, 0.15) is 18.8 Å². The summed E-state index contributed by atoms with van der Waals surface area (Å²) in [5.41, 5.74) is 0. The number of nitrogens with zero attached hydrogens (tertiary/aromatic N) is 5. The maximum absolute atomic E-state index is 5.48. The molecule has 19 heavy (non-hydrogen) atoms. The van der Waals surface area contributed by atoms with Gasteiger partial charge in [-0.2, -0.15) is 9.97 Å². The summed E-state index contributed by atoms with van der Waals surface area (Å²) in [7, 11) is 3.35. The summed E-state index contributed by atoms with van der Waals surface area (Å²) in [4.78, 5) is 12.5. The molecule has 2 aromatic rings. The standard InChI is InChI=1S/C11H16N6O2/c1-4-12-8-5-10(15-9(14-8)6-18-3)19-11-13-7-17(2)16-11/h5,7H,4,6H2,1-3H3,(H,12,14,15). The number of rotatable bonds is 6. The van der Waals surface area contributed by atoms with Gasteiger partial charge in [-0.05, 0) is 6.92 Å². The van der Waals surface area contributed by atoms with Crippen molar-refractivity contribution in [3.63, 3.8) is 0 Å². The van der Waals surface area contributed by atoms with E-state index in [0.717, 1.165) is 6.54 Å². The molecule has 8 heteroatoms. The van der Waals surface area contributed by atoms with Gasteiger partial charge in [0.25, 0.3) is 0 Å². The first-order valence-electron chi connectivity index (χ1n) is 5.85. The molecule has 0 aliphatic rings. The molecule has 0 aliphatic heterocycles. The molecule has 8 nitrogen and oxygen atoms in total. The molecule has 0 saturated heterocycles. The predicted octanol–water partition coefficient (Wildman–Crippen LogP) is 0.976. The second kappa shape index (κ2) is 6.10. The van der Waals surface area contributed by atoms with E-state index in [1.54, 1.807) is 31.2 Å². The number of ether oxygens (including phenoxy) is 2. The monoisotopic (exact) mass is 264 g/mol. The Bertz CT molecular complexity index is 517. The van der Waals surface area contributed by atoms with Crippen LogP contribution >= 0.6 is 0 Å². The maximum atomic E-state index is 5.48. The van der Waals surface area contributed by atoms with E-state index in [9.17, 15) is 0 Å². The highest BCUT2D eigenvalue weighted by Gasteiger charge is 2.08. The zero-order valence-corrected chi connectivity index (χ0v) is 11.1. The SMILES string of the molecule is CCNc1cc(Oc2ncn(C)n2)nc(COC)n1. The molecule has 0 radical (unpaired) electrons. The van der Waals surface area contributed by atoms with Gasteiger partial charge in [-0.3, -0.25) is 4.68 Å². The molecule has 2 rings (SSSR count). The fourth-order valence-electron chi connectivity index (χ4n) is 1.45. The lowest BCUT2D eigenvalue weighted by Crippen LogP contribution is -2.05. The summed E-state index contributed by atoms with van der Waals surface area (Å²) < 4.78 is 12.1. The number of hydrogen-bond acceptors (Lipinski definition) is 7. The fourth-order valence-corrected chi connectivity index (χ4v) is 1.45. The van der Waals surface area contributed by atoms with Crippen LogP contribution in [0.3, 0.4) is 0 Å². The van der Waals surface area contributed by atoms with E-state index < -0.39 is 0 Å². The van der Waals surface area contributed by atoms with Gasteiger partial charge in [0, 0.05) is 26.8 Å². The van der Waals surface area contributed by atoms with Gasteiger partial charge >= 0.3 is 6.01 Å². The summed E-state index contributed by atoms with van der Waals surface area (Å²) in [6.45, 7) is 3.05. The topological polar surface area (TPSA) is 87.0 Å². The molecule has 0 atom stereocenters. The van der Waals surface area contributed by atoms with Gasteiger partial charge in [0.05, 0.1) is 0 Å². The van der Waals surface area contributed by atoms with Crippen LogP contribution < -0.4 is 10.1 Å². The average Bonchev–Trinajstić information content (AvgIpc) is 2.75. The zero-order chi connectivity index (χ0) is 13.7. The molecule has 0 aliphatic carbocycles. The van der Waals surface area contributed by atoms with Crippen molar-refractivity contribution < 1.29 is 9.47 Å². The van der Waals surface area contributed by atoms with Crippen molar-refractivity contribution in [3.05, 3.63) is 18.2 Å². The first-order chi connectivity index (χ1) is 9.21. The largest absolute Gasteiger partial charge is 0.404 e. The summed E-state index contributed by atoms with van der Waals surface area (Å²) >= 11 is 0. The summed E-state index contributed by atoms with van der Waals surface area (Å²) in [6.07, 6.45) is 1.55. The minimum Gasteiger partial charge on any atom is -0.404 e. The highest BCUT2D eigenvalue weighted by Crippen LogP contribution is 2.18. The lowest BCUT2D eigenvalue weighted by Gasteiger charge is -2.07. The second-order valence-electron chi connectivity index (χ2n) is 3.77. The van der Waals surface area contributed by atoms with Gasteiger partial charge in [0.15, 0.2) is 5.82 Å². The maximum Gasteiger partial charge on any atom is 0.342 e. The Morgan fingerprint density at radius 1 is 1.37 bits per heavy atom. The Morgan fingerprint density at radius 3 is 2.84 bits per heavy atom. The highest BCUT2D eigenvalue weighted by atomic mass is 16.5. The third kappa shape index (κ3) is 3.62. The Balaban J connectivity index is 2.22. The molecule has 0 bridgehead atoms. The molecule has 0 fully saturated rings. The van der Waals surface area contributed by atoms with Crippen molar-refractivity contribution >= 4 is 5.82 Å². The average molecular weight is 264 g/mol. The van der Waals surface area contributed by atoms with Crippen LogP contribution in [0.5, 0.6) is 11.9 Å². The minimum atomic E-state index is 0.243. The minimum absolute atomic E-state index is 0.243. The van der Waals surface area contributed by atoms with Crippen molar-refractivity contribution in [1.29, 1.82) is 0 Å². The van der Waals surface area contributed by atoms with E-state index >= 15 is 0 Å². The molecule has 0 spiro atoms. The molecule has 102 valence electrons. The van der Waals surface area contributed by atoms with Crippen LogP contribution in [0, 0.1) is 0 Å². The summed E-state index contributed by atoms with van der Waals surface area (Å²) in [5, 5.41) is 7.13. The van der Waals surface area contributed by atoms with E-state index in [2.05, 4.69) is 25.4 Å². The number of aromatic nitrogens is 5. The van der Waals surface area contributed by atoms with Crippen LogP contribution in [-0.4, -0.2) is 38.4 Å². The quantitative estimate of drug-likeness (QED) is 0.831. The molecule has 2 aromatic heterocycles. The van der Waals surface area contributed by atoms with Crippen molar-refractivity contribution in [2.45, 2.75) is 13.5 Å². The van der Waals surface area contributed by atoms with Gasteiger partial charge in [0.2, 0.25) is 5.88 Å². The van der Waals surface area contributed by atoms with E-state index in [0.29, 0.717) is 24.1 Å². The van der Waals surface area contributed by atoms with Crippen molar-refractivity contribution in [2.75, 3.05) is 19.0 Å². The number of nitrogens with one attached hydrogen (secondary N) is 1. The van der Waals surface area contributed by atoms with Crippen LogP contribution in [0.1, 0.15) is 12.7 Å². The van der Waals surface area contributed by atoms with E-state index in [4.69, 9.17) is 9.47 Å². The van der Waals surface area contributed by atoms with Crippen molar-refractivity contribution in [1.82, 2.24) is 24.7 Å². The molecule has 0 saturated carbocycles. The molecule has 0 aromatic carbocycles. The van der Waals surface area contributed by atoms with Gasteiger partial charge in [-0.15, -0.1) is 5.10 Å². The fraction of sp³-hybridized carbons (Fsp3) is 0.455. The van der Waals surface area contributed by atoms with Gasteiger partial charge in [-0.1, -0.05) is 0 Å². The number of aryl methyl sites for hydroxylation is 1. The highest BCUT2D eigenvalue weighted by molar-refractivity contribution is 5.38. The van der Waals surface area contributed by atoms with Gasteiger partial charge < -0.3 is 14.8 Å². The molecular weight excluding hydrogens is 248 g/mol. The Hall–Kier alpha value is -2.22. The molecule has 1 N–H and O–H groups in total. The van der Waals surface area contributed by atoms with Gasteiger partial charge in [-0.25, -0.2) is 4.98 Å². The lowest BCUT2D eigenvalue weighted by molar-refractivity contribution is 0.177.